The molecule has 168 valence electrons. The molecule has 0 aliphatic carbocycles. The SMILES string of the molecule is COC(=O)N1CC[C@@H](Nc2ccc(C#N)cc2C(=O)NCc2ccc(OC)c(OC)c2)C1. The Morgan fingerprint density at radius 1 is 1.12 bits per heavy atom. The van der Waals surface area contributed by atoms with Crippen molar-refractivity contribution in [2.45, 2.75) is 19.0 Å². The average molecular weight is 438 g/mol. The van der Waals surface area contributed by atoms with Gasteiger partial charge in [-0.15, -0.1) is 0 Å². The zero-order valence-corrected chi connectivity index (χ0v) is 18.3. The number of nitriles is 1. The molecule has 2 aromatic rings. The molecule has 32 heavy (non-hydrogen) atoms. The van der Waals surface area contributed by atoms with Gasteiger partial charge in [0.25, 0.3) is 5.91 Å². The van der Waals surface area contributed by atoms with Crippen LogP contribution in [0.15, 0.2) is 36.4 Å². The molecule has 9 heteroatoms. The van der Waals surface area contributed by atoms with Crippen molar-refractivity contribution in [2.75, 3.05) is 39.7 Å². The van der Waals surface area contributed by atoms with Gasteiger partial charge in [-0.3, -0.25) is 4.79 Å². The maximum atomic E-state index is 13.0. The summed E-state index contributed by atoms with van der Waals surface area (Å²) in [7, 11) is 4.46. The fraction of sp³-hybridized carbons (Fsp3) is 0.348. The largest absolute Gasteiger partial charge is 0.493 e. The maximum absolute atomic E-state index is 13.0. The lowest BCUT2D eigenvalue weighted by atomic mass is 10.1. The van der Waals surface area contributed by atoms with Gasteiger partial charge in [-0.25, -0.2) is 4.79 Å². The first-order valence-electron chi connectivity index (χ1n) is 10.1. The summed E-state index contributed by atoms with van der Waals surface area (Å²) in [5, 5.41) is 15.5. The quantitative estimate of drug-likeness (QED) is 0.683. The highest BCUT2D eigenvalue weighted by Gasteiger charge is 2.27. The van der Waals surface area contributed by atoms with E-state index in [0.29, 0.717) is 41.4 Å². The van der Waals surface area contributed by atoms with Gasteiger partial charge in [0, 0.05) is 31.4 Å². The van der Waals surface area contributed by atoms with Crippen LogP contribution in [-0.2, 0) is 11.3 Å². The van der Waals surface area contributed by atoms with Gasteiger partial charge in [0.1, 0.15) is 0 Å². The van der Waals surface area contributed by atoms with Gasteiger partial charge in [-0.05, 0) is 42.3 Å². The monoisotopic (exact) mass is 438 g/mol. The highest BCUT2D eigenvalue weighted by atomic mass is 16.5. The van der Waals surface area contributed by atoms with E-state index in [0.717, 1.165) is 12.0 Å². The van der Waals surface area contributed by atoms with Gasteiger partial charge in [-0.1, -0.05) is 6.07 Å². The number of nitrogens with one attached hydrogen (secondary N) is 2. The molecule has 0 unspecified atom stereocenters. The molecule has 2 aromatic carbocycles. The normalized spacial score (nSPS) is 14.9. The number of likely N-dealkylation sites (tertiary alicyclic amines) is 1. The molecule has 0 aromatic heterocycles. The van der Waals surface area contributed by atoms with E-state index in [1.165, 1.54) is 7.11 Å². The topological polar surface area (TPSA) is 113 Å². The van der Waals surface area contributed by atoms with Gasteiger partial charge in [0.15, 0.2) is 11.5 Å². The van der Waals surface area contributed by atoms with Crippen LogP contribution in [0.25, 0.3) is 0 Å². The Bertz CT molecular complexity index is 1030. The van der Waals surface area contributed by atoms with Crippen LogP contribution in [0, 0.1) is 11.3 Å². The highest BCUT2D eigenvalue weighted by molar-refractivity contribution is 6.00. The van der Waals surface area contributed by atoms with Crippen molar-refractivity contribution < 1.29 is 23.8 Å². The van der Waals surface area contributed by atoms with E-state index in [1.54, 1.807) is 49.5 Å². The predicted molar refractivity (Wildman–Crippen MR) is 118 cm³/mol. The summed E-state index contributed by atoms with van der Waals surface area (Å²) in [4.78, 5) is 26.3. The van der Waals surface area contributed by atoms with E-state index in [9.17, 15) is 14.9 Å². The number of hydrogen-bond acceptors (Lipinski definition) is 7. The first kappa shape index (κ1) is 22.7. The van der Waals surface area contributed by atoms with Crippen molar-refractivity contribution in [3.05, 3.63) is 53.1 Å². The summed E-state index contributed by atoms with van der Waals surface area (Å²) in [5.41, 5.74) is 2.19. The van der Waals surface area contributed by atoms with Crippen LogP contribution in [0.1, 0.15) is 27.9 Å². The van der Waals surface area contributed by atoms with Crippen LogP contribution < -0.4 is 20.1 Å². The lowest BCUT2D eigenvalue weighted by Gasteiger charge is -2.18. The molecule has 1 aliphatic rings. The van der Waals surface area contributed by atoms with Crippen molar-refractivity contribution in [1.82, 2.24) is 10.2 Å². The lowest BCUT2D eigenvalue weighted by Crippen LogP contribution is -2.32. The second kappa shape index (κ2) is 10.4. The average Bonchev–Trinajstić information content (AvgIpc) is 3.30. The van der Waals surface area contributed by atoms with Crippen molar-refractivity contribution in [1.29, 1.82) is 5.26 Å². The van der Waals surface area contributed by atoms with E-state index in [1.807, 2.05) is 6.07 Å². The van der Waals surface area contributed by atoms with E-state index < -0.39 is 0 Å². The van der Waals surface area contributed by atoms with Gasteiger partial charge in [0.05, 0.1) is 38.5 Å². The van der Waals surface area contributed by atoms with E-state index in [4.69, 9.17) is 14.2 Å². The molecule has 1 atom stereocenters. The first-order valence-corrected chi connectivity index (χ1v) is 10.1. The van der Waals surface area contributed by atoms with E-state index >= 15 is 0 Å². The molecular formula is C23H26N4O5. The molecular weight excluding hydrogens is 412 g/mol. The third-order valence-electron chi connectivity index (χ3n) is 5.28. The van der Waals surface area contributed by atoms with E-state index in [-0.39, 0.29) is 24.6 Å². The van der Waals surface area contributed by atoms with Crippen LogP contribution in [0.2, 0.25) is 0 Å². The molecule has 0 saturated carbocycles. The number of nitrogens with zero attached hydrogens (tertiary/aromatic N) is 2. The Morgan fingerprint density at radius 3 is 2.59 bits per heavy atom. The summed E-state index contributed by atoms with van der Waals surface area (Å²) < 4.78 is 15.3. The summed E-state index contributed by atoms with van der Waals surface area (Å²) in [5.74, 6) is 0.861. The Kier molecular flexibility index (Phi) is 7.39. The van der Waals surface area contributed by atoms with Crippen LogP contribution >= 0.6 is 0 Å². The molecule has 1 aliphatic heterocycles. The van der Waals surface area contributed by atoms with Crippen LogP contribution in [0.4, 0.5) is 10.5 Å². The van der Waals surface area contributed by atoms with Crippen molar-refractivity contribution >= 4 is 17.7 Å². The summed E-state index contributed by atoms with van der Waals surface area (Å²) >= 11 is 0. The predicted octanol–water partition coefficient (Wildman–Crippen LogP) is 2.76. The Balaban J connectivity index is 1.73. The summed E-state index contributed by atoms with van der Waals surface area (Å²) in [6.07, 6.45) is 0.351. The molecule has 0 bridgehead atoms. The molecule has 0 spiro atoms. The number of benzene rings is 2. The van der Waals surface area contributed by atoms with Crippen molar-refractivity contribution in [3.8, 4) is 17.6 Å². The standard InChI is InChI=1S/C23H26N4O5/c1-30-20-7-5-16(11-21(20)31-2)13-25-22(28)18-10-15(12-24)4-6-19(18)26-17-8-9-27(14-17)23(29)32-3/h4-7,10-11,17,26H,8-9,13-14H2,1-3H3,(H,25,28)/t17-/m1/s1. The summed E-state index contributed by atoms with van der Waals surface area (Å²) in [6, 6.07) is 12.4. The number of amides is 2. The Hall–Kier alpha value is -3.93. The minimum absolute atomic E-state index is 0.0283. The molecule has 0 radical (unpaired) electrons. The molecule has 2 amide bonds. The Morgan fingerprint density at radius 2 is 1.91 bits per heavy atom. The summed E-state index contributed by atoms with van der Waals surface area (Å²) in [6.45, 7) is 1.32. The third kappa shape index (κ3) is 5.21. The molecule has 1 saturated heterocycles. The number of carbonyl (C=O) groups excluding carboxylic acids is 2. The Labute approximate surface area is 186 Å². The number of rotatable bonds is 7. The van der Waals surface area contributed by atoms with Crippen molar-refractivity contribution in [2.24, 2.45) is 0 Å². The zero-order chi connectivity index (χ0) is 23.1. The molecule has 9 nitrogen and oxygen atoms in total. The van der Waals surface area contributed by atoms with E-state index in [2.05, 4.69) is 16.7 Å². The third-order valence-corrected chi connectivity index (χ3v) is 5.28. The van der Waals surface area contributed by atoms with Crippen molar-refractivity contribution in [3.63, 3.8) is 0 Å². The van der Waals surface area contributed by atoms with Gasteiger partial charge in [-0.2, -0.15) is 5.26 Å². The number of carbonyl (C=O) groups is 2. The van der Waals surface area contributed by atoms with Crippen LogP contribution in [0.3, 0.4) is 0 Å². The number of ether oxygens (including phenoxy) is 3. The minimum Gasteiger partial charge on any atom is -0.493 e. The number of hydrogen-bond donors (Lipinski definition) is 2. The molecule has 1 heterocycles. The van der Waals surface area contributed by atoms with Gasteiger partial charge in [0.2, 0.25) is 0 Å². The number of methoxy groups -OCH3 is 3. The molecule has 2 N–H and O–H groups in total. The smallest absolute Gasteiger partial charge is 0.409 e. The second-order valence-corrected chi connectivity index (χ2v) is 7.29. The minimum atomic E-state index is -0.373. The lowest BCUT2D eigenvalue weighted by molar-refractivity contribution is 0.0951. The molecule has 1 fully saturated rings. The molecule has 3 rings (SSSR count). The van der Waals surface area contributed by atoms with Gasteiger partial charge < -0.3 is 29.7 Å². The van der Waals surface area contributed by atoms with Crippen LogP contribution in [0.5, 0.6) is 11.5 Å². The maximum Gasteiger partial charge on any atom is 0.409 e. The number of anilines is 1. The van der Waals surface area contributed by atoms with Gasteiger partial charge >= 0.3 is 6.09 Å². The fourth-order valence-corrected chi connectivity index (χ4v) is 3.59. The first-order chi connectivity index (χ1) is 15.5. The van der Waals surface area contributed by atoms with Crippen LogP contribution in [-0.4, -0.2) is 57.4 Å². The zero-order valence-electron chi connectivity index (χ0n) is 18.3. The fourth-order valence-electron chi connectivity index (χ4n) is 3.59. The second-order valence-electron chi connectivity index (χ2n) is 7.29. The highest BCUT2D eigenvalue weighted by Crippen LogP contribution is 2.27.